The van der Waals surface area contributed by atoms with Gasteiger partial charge in [-0.05, 0) is 22.6 Å². The van der Waals surface area contributed by atoms with Gasteiger partial charge in [-0.15, -0.1) is 13.2 Å². The molecule has 0 fully saturated rings. The second kappa shape index (κ2) is 5.69. The van der Waals surface area contributed by atoms with Crippen LogP contribution < -0.4 is 10.5 Å². The summed E-state index contributed by atoms with van der Waals surface area (Å²) in [5.74, 6) is -1.69. The molecule has 1 heterocycles. The van der Waals surface area contributed by atoms with Gasteiger partial charge in [0.2, 0.25) is 0 Å². The molecule has 5 nitrogen and oxygen atoms in total. The lowest BCUT2D eigenvalue weighted by Crippen LogP contribution is -2.19. The molecule has 0 atom stereocenters. The molecule has 0 saturated carbocycles. The Bertz CT molecular complexity index is 465. The van der Waals surface area contributed by atoms with Gasteiger partial charge >= 0.3 is 12.3 Å². The Morgan fingerprint density at radius 1 is 1.56 bits per heavy atom. The molecule has 0 amide bonds. The fraction of sp³-hybridized carbons (Fsp3) is 0.333. The molecule has 1 rings (SSSR count). The lowest BCUT2D eigenvalue weighted by molar-refractivity contribution is -0.275. The zero-order chi connectivity index (χ0) is 13.9. The number of ether oxygens (including phenoxy) is 1. The number of pyridine rings is 1. The number of carboxylic acids is 1. The van der Waals surface area contributed by atoms with Crippen molar-refractivity contribution >= 4 is 28.6 Å². The number of hydrogen-bond acceptors (Lipinski definition) is 4. The highest BCUT2D eigenvalue weighted by atomic mass is 127. The summed E-state index contributed by atoms with van der Waals surface area (Å²) < 4.78 is 40.3. The smallest absolute Gasteiger partial charge is 0.481 e. The van der Waals surface area contributed by atoms with Gasteiger partial charge < -0.3 is 15.6 Å². The molecule has 0 radical (unpaired) electrons. The Morgan fingerprint density at radius 2 is 2.17 bits per heavy atom. The first-order valence-electron chi connectivity index (χ1n) is 4.59. The van der Waals surface area contributed by atoms with E-state index in [1.165, 1.54) is 0 Å². The quantitative estimate of drug-likeness (QED) is 0.782. The zero-order valence-electron chi connectivity index (χ0n) is 8.79. The van der Waals surface area contributed by atoms with Crippen molar-refractivity contribution in [3.05, 3.63) is 21.0 Å². The van der Waals surface area contributed by atoms with Crippen LogP contribution >= 0.6 is 22.6 Å². The van der Waals surface area contributed by atoms with Crippen molar-refractivity contribution in [2.45, 2.75) is 19.3 Å². The van der Waals surface area contributed by atoms with Crippen LogP contribution in [-0.4, -0.2) is 22.4 Å². The second-order valence-corrected chi connectivity index (χ2v) is 4.27. The lowest BCUT2D eigenvalue weighted by Gasteiger charge is -2.13. The van der Waals surface area contributed by atoms with E-state index in [-0.39, 0.29) is 21.5 Å². The van der Waals surface area contributed by atoms with Crippen LogP contribution in [-0.2, 0) is 17.8 Å². The van der Waals surface area contributed by atoms with E-state index in [9.17, 15) is 18.0 Å². The minimum Gasteiger partial charge on any atom is -0.481 e. The summed E-state index contributed by atoms with van der Waals surface area (Å²) in [6.45, 7) is -0.113. The average molecular weight is 376 g/mol. The minimum absolute atomic E-state index is 0.00419. The zero-order valence-corrected chi connectivity index (χ0v) is 10.9. The summed E-state index contributed by atoms with van der Waals surface area (Å²) in [6.07, 6.45) is -5.35. The summed E-state index contributed by atoms with van der Waals surface area (Å²) in [5, 5.41) is 8.64. The third-order valence-corrected chi connectivity index (χ3v) is 2.95. The molecule has 18 heavy (non-hydrogen) atoms. The molecule has 0 unspecified atom stereocenters. The van der Waals surface area contributed by atoms with Crippen molar-refractivity contribution in [3.8, 4) is 5.75 Å². The largest absolute Gasteiger partial charge is 0.573 e. The van der Waals surface area contributed by atoms with Crippen LogP contribution in [0.4, 0.5) is 13.2 Å². The highest BCUT2D eigenvalue weighted by molar-refractivity contribution is 14.1. The lowest BCUT2D eigenvalue weighted by atomic mass is 10.2. The summed E-state index contributed by atoms with van der Waals surface area (Å²) in [4.78, 5) is 14.4. The van der Waals surface area contributed by atoms with Crippen molar-refractivity contribution in [2.75, 3.05) is 0 Å². The van der Waals surface area contributed by atoms with Crippen LogP contribution in [0.1, 0.15) is 11.4 Å². The monoisotopic (exact) mass is 376 g/mol. The van der Waals surface area contributed by atoms with E-state index in [0.29, 0.717) is 0 Å². The number of aliphatic carboxylic acids is 1. The van der Waals surface area contributed by atoms with E-state index in [1.807, 2.05) is 0 Å². The van der Waals surface area contributed by atoms with Crippen molar-refractivity contribution in [2.24, 2.45) is 5.73 Å². The Hall–Kier alpha value is -1.10. The van der Waals surface area contributed by atoms with Crippen LogP contribution in [0.15, 0.2) is 6.07 Å². The molecule has 1 aromatic rings. The van der Waals surface area contributed by atoms with Crippen LogP contribution in [0, 0.1) is 3.57 Å². The molecule has 0 saturated heterocycles. The van der Waals surface area contributed by atoms with Gasteiger partial charge in [-0.25, -0.2) is 0 Å². The first-order chi connectivity index (χ1) is 8.23. The predicted octanol–water partition coefficient (Wildman–Crippen LogP) is 1.67. The van der Waals surface area contributed by atoms with Gasteiger partial charge in [-0.3, -0.25) is 9.78 Å². The molecule has 9 heteroatoms. The molecule has 3 N–H and O–H groups in total. The van der Waals surface area contributed by atoms with E-state index >= 15 is 0 Å². The van der Waals surface area contributed by atoms with Gasteiger partial charge in [0.05, 0.1) is 21.4 Å². The van der Waals surface area contributed by atoms with Gasteiger partial charge in [0.25, 0.3) is 0 Å². The molecule has 0 aliphatic carbocycles. The third-order valence-electron chi connectivity index (χ3n) is 1.80. The molecule has 0 spiro atoms. The number of aromatic nitrogens is 1. The maximum Gasteiger partial charge on any atom is 0.573 e. The number of carboxylic acid groups (broad SMARTS) is 1. The van der Waals surface area contributed by atoms with Crippen LogP contribution in [0.2, 0.25) is 0 Å². The first kappa shape index (κ1) is 15.0. The van der Waals surface area contributed by atoms with Crippen LogP contribution in [0.5, 0.6) is 5.75 Å². The van der Waals surface area contributed by atoms with Crippen molar-refractivity contribution < 1.29 is 27.8 Å². The molecule has 1 aromatic heterocycles. The van der Waals surface area contributed by atoms with Crippen molar-refractivity contribution in [1.29, 1.82) is 0 Å². The summed E-state index contributed by atoms with van der Waals surface area (Å²) >= 11 is 1.56. The number of hydrogen-bond donors (Lipinski definition) is 2. The summed E-state index contributed by atoms with van der Waals surface area (Å²) in [5.41, 5.74) is 5.40. The molecule has 0 aliphatic heterocycles. The fourth-order valence-electron chi connectivity index (χ4n) is 1.18. The van der Waals surface area contributed by atoms with E-state index in [4.69, 9.17) is 10.8 Å². The summed E-state index contributed by atoms with van der Waals surface area (Å²) in [7, 11) is 0. The highest BCUT2D eigenvalue weighted by Gasteiger charge is 2.32. The number of rotatable bonds is 4. The molecular weight excluding hydrogens is 368 g/mol. The molecule has 0 aromatic carbocycles. The maximum atomic E-state index is 12.2. The fourth-order valence-corrected chi connectivity index (χ4v) is 1.75. The Kier molecular flexibility index (Phi) is 4.73. The van der Waals surface area contributed by atoms with Gasteiger partial charge in [-0.1, -0.05) is 0 Å². The Balaban J connectivity index is 3.20. The van der Waals surface area contributed by atoms with Gasteiger partial charge in [-0.2, -0.15) is 0 Å². The maximum absolute atomic E-state index is 12.2. The molecule has 0 aliphatic rings. The first-order valence-corrected chi connectivity index (χ1v) is 5.66. The topological polar surface area (TPSA) is 85.4 Å². The van der Waals surface area contributed by atoms with E-state index in [1.54, 1.807) is 22.6 Å². The third kappa shape index (κ3) is 4.29. The number of halogens is 4. The summed E-state index contributed by atoms with van der Waals surface area (Å²) in [6, 6.07) is 1.04. The number of carbonyl (C=O) groups is 1. The van der Waals surface area contributed by atoms with Gasteiger partial charge in [0.15, 0.2) is 0 Å². The minimum atomic E-state index is -4.85. The van der Waals surface area contributed by atoms with Gasteiger partial charge in [0, 0.05) is 12.6 Å². The number of nitrogens with zero attached hydrogens (tertiary/aromatic N) is 1. The molecular formula is C9H8F3IN2O3. The van der Waals surface area contributed by atoms with Crippen LogP contribution in [0.25, 0.3) is 0 Å². The predicted molar refractivity (Wildman–Crippen MR) is 62.9 cm³/mol. The number of nitrogens with two attached hydrogens (primary N) is 1. The van der Waals surface area contributed by atoms with E-state index in [2.05, 4.69) is 9.72 Å². The van der Waals surface area contributed by atoms with Crippen molar-refractivity contribution in [1.82, 2.24) is 4.98 Å². The Labute approximate surface area is 113 Å². The van der Waals surface area contributed by atoms with E-state index in [0.717, 1.165) is 6.07 Å². The van der Waals surface area contributed by atoms with Gasteiger partial charge in [0.1, 0.15) is 5.75 Å². The van der Waals surface area contributed by atoms with E-state index < -0.39 is 24.5 Å². The second-order valence-electron chi connectivity index (χ2n) is 3.19. The highest BCUT2D eigenvalue weighted by Crippen LogP contribution is 2.30. The number of alkyl halides is 3. The standard InChI is InChI=1S/C9H8F3IN2O3/c10-9(11,12)18-6-1-4(3-14)15-5(8(6)13)2-7(16)17/h1H,2-3,14H2,(H,16,17). The van der Waals surface area contributed by atoms with Crippen molar-refractivity contribution in [3.63, 3.8) is 0 Å². The Morgan fingerprint density at radius 3 is 2.61 bits per heavy atom. The SMILES string of the molecule is NCc1cc(OC(F)(F)F)c(I)c(CC(=O)O)n1. The molecule has 100 valence electrons. The molecule has 0 bridgehead atoms. The van der Waals surface area contributed by atoms with Crippen LogP contribution in [0.3, 0.4) is 0 Å². The average Bonchev–Trinajstić information content (AvgIpc) is 2.21. The normalized spacial score (nSPS) is 11.4.